The zero-order valence-corrected chi connectivity index (χ0v) is 11.7. The summed E-state index contributed by atoms with van der Waals surface area (Å²) < 4.78 is 23.5. The highest BCUT2D eigenvalue weighted by Crippen LogP contribution is 2.44. The summed E-state index contributed by atoms with van der Waals surface area (Å²) in [5.41, 5.74) is 0. The molecule has 0 radical (unpaired) electrons. The van der Waals surface area contributed by atoms with Gasteiger partial charge in [0, 0.05) is 6.54 Å². The Balaban J connectivity index is 2.15. The van der Waals surface area contributed by atoms with E-state index in [2.05, 4.69) is 5.09 Å². The molecule has 2 rings (SSSR count). The molecule has 0 saturated heterocycles. The Labute approximate surface area is 117 Å². The Morgan fingerprint density at radius 1 is 0.900 bits per heavy atom. The zero-order valence-electron chi connectivity index (χ0n) is 10.8. The van der Waals surface area contributed by atoms with Crippen molar-refractivity contribution in [2.24, 2.45) is 0 Å². The van der Waals surface area contributed by atoms with Gasteiger partial charge >= 0.3 is 7.75 Å². The lowest BCUT2D eigenvalue weighted by atomic mass is 10.3. The van der Waals surface area contributed by atoms with Gasteiger partial charge in [-0.3, -0.25) is 0 Å². The van der Waals surface area contributed by atoms with Gasteiger partial charge in [0.1, 0.15) is 11.5 Å². The summed E-state index contributed by atoms with van der Waals surface area (Å²) in [4.78, 5) is 0. The maximum absolute atomic E-state index is 12.6. The first-order valence-corrected chi connectivity index (χ1v) is 7.71. The number of aliphatic hydroxyl groups excluding tert-OH is 1. The van der Waals surface area contributed by atoms with Crippen molar-refractivity contribution < 1.29 is 18.7 Å². The monoisotopic (exact) mass is 293 g/mol. The summed E-state index contributed by atoms with van der Waals surface area (Å²) >= 11 is 0. The molecule has 0 spiro atoms. The van der Waals surface area contributed by atoms with Crippen LogP contribution in [0.3, 0.4) is 0 Å². The molecular formula is C14H16NO4P. The van der Waals surface area contributed by atoms with Crippen molar-refractivity contribution in [3.05, 3.63) is 60.7 Å². The molecule has 0 aliphatic carbocycles. The zero-order chi connectivity index (χ0) is 14.3. The molecule has 0 saturated carbocycles. The summed E-state index contributed by atoms with van der Waals surface area (Å²) in [6.45, 7) is -0.0583. The maximum Gasteiger partial charge on any atom is 0.512 e. The number of para-hydroxylation sites is 2. The number of rotatable bonds is 7. The number of nitrogens with one attached hydrogen (secondary N) is 1. The number of hydrogen-bond donors (Lipinski definition) is 2. The van der Waals surface area contributed by atoms with Gasteiger partial charge in [0.15, 0.2) is 0 Å². The van der Waals surface area contributed by atoms with Gasteiger partial charge in [-0.15, -0.1) is 0 Å². The van der Waals surface area contributed by atoms with Crippen molar-refractivity contribution in [1.82, 2.24) is 5.09 Å². The third-order valence-corrected chi connectivity index (χ3v) is 3.87. The first kappa shape index (κ1) is 14.6. The minimum absolute atomic E-state index is 0.108. The molecule has 2 N–H and O–H groups in total. The molecule has 5 nitrogen and oxygen atoms in total. The van der Waals surface area contributed by atoms with Crippen LogP contribution < -0.4 is 14.1 Å². The van der Waals surface area contributed by atoms with Crippen molar-refractivity contribution in [3.8, 4) is 11.5 Å². The Kier molecular flexibility index (Phi) is 5.18. The highest BCUT2D eigenvalue weighted by molar-refractivity contribution is 7.52. The molecule has 0 aromatic heterocycles. The van der Waals surface area contributed by atoms with E-state index in [9.17, 15) is 4.57 Å². The first-order valence-electron chi connectivity index (χ1n) is 6.17. The third kappa shape index (κ3) is 4.38. The van der Waals surface area contributed by atoms with Gasteiger partial charge < -0.3 is 14.2 Å². The van der Waals surface area contributed by atoms with E-state index in [1.807, 2.05) is 12.1 Å². The molecule has 0 aliphatic heterocycles. The van der Waals surface area contributed by atoms with Crippen LogP contribution in [0.2, 0.25) is 0 Å². The first-order chi connectivity index (χ1) is 9.72. The lowest BCUT2D eigenvalue weighted by Crippen LogP contribution is -2.21. The summed E-state index contributed by atoms with van der Waals surface area (Å²) in [6, 6.07) is 17.5. The molecule has 0 atom stereocenters. The summed E-state index contributed by atoms with van der Waals surface area (Å²) in [5.74, 6) is 0.856. The topological polar surface area (TPSA) is 67.8 Å². The molecule has 6 heteroatoms. The van der Waals surface area contributed by atoms with Crippen molar-refractivity contribution in [2.45, 2.75) is 0 Å². The quantitative estimate of drug-likeness (QED) is 0.768. The Morgan fingerprint density at radius 3 is 1.75 bits per heavy atom. The molecule has 106 valence electrons. The van der Waals surface area contributed by atoms with Crippen LogP contribution in [0.4, 0.5) is 0 Å². The molecular weight excluding hydrogens is 277 g/mol. The second-order valence-corrected chi connectivity index (χ2v) is 5.61. The van der Waals surface area contributed by atoms with E-state index >= 15 is 0 Å². The molecule has 2 aromatic rings. The molecule has 0 fully saturated rings. The Bertz CT molecular complexity index is 516. The average Bonchev–Trinajstić information content (AvgIpc) is 2.47. The fourth-order valence-corrected chi connectivity index (χ4v) is 2.85. The van der Waals surface area contributed by atoms with Crippen molar-refractivity contribution in [2.75, 3.05) is 13.2 Å². The second kappa shape index (κ2) is 7.10. The molecule has 0 unspecified atom stereocenters. The fraction of sp³-hybridized carbons (Fsp3) is 0.143. The van der Waals surface area contributed by atoms with Gasteiger partial charge in [-0.2, -0.15) is 5.09 Å². The Morgan fingerprint density at radius 2 is 1.35 bits per heavy atom. The van der Waals surface area contributed by atoms with Crippen molar-refractivity contribution in [1.29, 1.82) is 0 Å². The summed E-state index contributed by atoms with van der Waals surface area (Å²) in [5, 5.41) is 11.5. The van der Waals surface area contributed by atoms with E-state index in [0.717, 1.165) is 0 Å². The van der Waals surface area contributed by atoms with Crippen LogP contribution in [-0.4, -0.2) is 18.3 Å². The van der Waals surface area contributed by atoms with Crippen LogP contribution in [0.25, 0.3) is 0 Å². The van der Waals surface area contributed by atoms with E-state index in [0.29, 0.717) is 11.5 Å². The number of hydrogen-bond acceptors (Lipinski definition) is 4. The Hall–Kier alpha value is -1.81. The van der Waals surface area contributed by atoms with Gasteiger partial charge in [-0.1, -0.05) is 36.4 Å². The predicted octanol–water partition coefficient (Wildman–Crippen LogP) is 2.83. The molecule has 0 aliphatic rings. The highest BCUT2D eigenvalue weighted by atomic mass is 31.2. The van der Waals surface area contributed by atoms with E-state index in [-0.39, 0.29) is 13.2 Å². The second-order valence-electron chi connectivity index (χ2n) is 3.94. The highest BCUT2D eigenvalue weighted by Gasteiger charge is 2.27. The molecule has 2 aromatic carbocycles. The molecule has 0 amide bonds. The summed E-state index contributed by atoms with van der Waals surface area (Å²) in [6.07, 6.45) is 0. The lowest BCUT2D eigenvalue weighted by molar-refractivity contribution is 0.291. The largest absolute Gasteiger partial charge is 0.512 e. The predicted molar refractivity (Wildman–Crippen MR) is 76.8 cm³/mol. The average molecular weight is 293 g/mol. The lowest BCUT2D eigenvalue weighted by Gasteiger charge is -2.20. The van der Waals surface area contributed by atoms with Crippen LogP contribution >= 0.6 is 7.75 Å². The molecule has 0 heterocycles. The van der Waals surface area contributed by atoms with E-state index in [4.69, 9.17) is 14.2 Å². The van der Waals surface area contributed by atoms with Gasteiger partial charge in [0.25, 0.3) is 0 Å². The smallest absolute Gasteiger partial charge is 0.405 e. The summed E-state index contributed by atoms with van der Waals surface area (Å²) in [7, 11) is -3.59. The van der Waals surface area contributed by atoms with Gasteiger partial charge in [0.2, 0.25) is 0 Å². The van der Waals surface area contributed by atoms with Gasteiger partial charge in [-0.25, -0.2) is 4.57 Å². The molecule has 20 heavy (non-hydrogen) atoms. The van der Waals surface area contributed by atoms with Crippen LogP contribution in [0.15, 0.2) is 60.7 Å². The van der Waals surface area contributed by atoms with Gasteiger partial charge in [0.05, 0.1) is 6.61 Å². The van der Waals surface area contributed by atoms with Crippen molar-refractivity contribution >= 4 is 7.75 Å². The van der Waals surface area contributed by atoms with E-state index in [1.165, 1.54) is 0 Å². The van der Waals surface area contributed by atoms with E-state index < -0.39 is 7.75 Å². The minimum atomic E-state index is -3.59. The SMILES string of the molecule is O=P(NCCO)(Oc1ccccc1)Oc1ccccc1. The van der Waals surface area contributed by atoms with Crippen molar-refractivity contribution in [3.63, 3.8) is 0 Å². The van der Waals surface area contributed by atoms with E-state index in [1.54, 1.807) is 48.5 Å². The number of aliphatic hydroxyl groups is 1. The fourth-order valence-electron chi connectivity index (χ4n) is 1.51. The maximum atomic E-state index is 12.6. The van der Waals surface area contributed by atoms with Crippen LogP contribution in [0.5, 0.6) is 11.5 Å². The van der Waals surface area contributed by atoms with Crippen LogP contribution in [0.1, 0.15) is 0 Å². The molecule has 0 bridgehead atoms. The van der Waals surface area contributed by atoms with Crippen LogP contribution in [-0.2, 0) is 4.57 Å². The normalized spacial score (nSPS) is 11.1. The standard InChI is InChI=1S/C14H16NO4P/c16-12-11-15-20(17,18-13-7-3-1-4-8-13)19-14-9-5-2-6-10-14/h1-10,16H,11-12H2,(H,15,17). The third-order valence-electron chi connectivity index (χ3n) is 2.35. The van der Waals surface area contributed by atoms with Gasteiger partial charge in [-0.05, 0) is 24.3 Å². The minimum Gasteiger partial charge on any atom is -0.405 e. The number of benzene rings is 2. The van der Waals surface area contributed by atoms with Crippen LogP contribution in [0, 0.1) is 0 Å².